The molecule has 0 aromatic heterocycles. The summed E-state index contributed by atoms with van der Waals surface area (Å²) in [6.07, 6.45) is 0. The lowest BCUT2D eigenvalue weighted by Crippen LogP contribution is -2.28. The summed E-state index contributed by atoms with van der Waals surface area (Å²) in [4.78, 5) is 35.8. The highest BCUT2D eigenvalue weighted by atomic mass is 35.5. The molecule has 2 N–H and O–H groups in total. The van der Waals surface area contributed by atoms with Crippen molar-refractivity contribution in [2.75, 3.05) is 5.32 Å². The first-order valence-corrected chi connectivity index (χ1v) is 9.44. The Balaban J connectivity index is 1.80. The molecular formula is C22H18ClN3O4. The lowest BCUT2D eigenvalue weighted by molar-refractivity contribution is -0.384. The van der Waals surface area contributed by atoms with Crippen molar-refractivity contribution in [1.82, 2.24) is 5.32 Å². The van der Waals surface area contributed by atoms with E-state index >= 15 is 0 Å². The van der Waals surface area contributed by atoms with E-state index in [2.05, 4.69) is 10.6 Å². The third-order valence-corrected chi connectivity index (χ3v) is 4.79. The standard InChI is InChI=1S/C22H18ClN3O4/c1-14(15-7-3-2-4-8-15)24-22(28)17-9-5-6-10-19(17)25-21(27)16-11-12-18(23)20(13-16)26(29)30/h2-14H,1H3,(H,24,28)(H,25,27)/t14-/m1/s1. The molecule has 0 saturated heterocycles. The van der Waals surface area contributed by atoms with Gasteiger partial charge in [0.25, 0.3) is 17.5 Å². The van der Waals surface area contributed by atoms with Crippen molar-refractivity contribution >= 4 is 34.8 Å². The molecule has 3 aromatic rings. The van der Waals surface area contributed by atoms with Gasteiger partial charge in [0.15, 0.2) is 0 Å². The Morgan fingerprint density at radius 1 is 0.967 bits per heavy atom. The van der Waals surface area contributed by atoms with Crippen LogP contribution in [0.3, 0.4) is 0 Å². The van der Waals surface area contributed by atoms with Gasteiger partial charge in [-0.2, -0.15) is 0 Å². The summed E-state index contributed by atoms with van der Waals surface area (Å²) in [6.45, 7) is 1.86. The number of halogens is 1. The normalized spacial score (nSPS) is 11.4. The van der Waals surface area contributed by atoms with E-state index in [4.69, 9.17) is 11.6 Å². The highest BCUT2D eigenvalue weighted by molar-refractivity contribution is 6.32. The zero-order valence-corrected chi connectivity index (χ0v) is 16.7. The topological polar surface area (TPSA) is 101 Å². The minimum Gasteiger partial charge on any atom is -0.345 e. The lowest BCUT2D eigenvalue weighted by Gasteiger charge is -2.16. The molecule has 0 heterocycles. The molecule has 3 aromatic carbocycles. The zero-order chi connectivity index (χ0) is 21.7. The van der Waals surface area contributed by atoms with Crippen LogP contribution >= 0.6 is 11.6 Å². The summed E-state index contributed by atoms with van der Waals surface area (Å²) in [5.41, 5.74) is 1.20. The van der Waals surface area contributed by atoms with Gasteiger partial charge in [-0.15, -0.1) is 0 Å². The van der Waals surface area contributed by atoms with E-state index in [1.165, 1.54) is 12.1 Å². The Labute approximate surface area is 177 Å². The van der Waals surface area contributed by atoms with Crippen LogP contribution in [0.1, 0.15) is 39.2 Å². The molecule has 0 fully saturated rings. The smallest absolute Gasteiger partial charge is 0.288 e. The summed E-state index contributed by atoms with van der Waals surface area (Å²) < 4.78 is 0. The second kappa shape index (κ2) is 9.19. The van der Waals surface area contributed by atoms with Gasteiger partial charge in [0.1, 0.15) is 5.02 Å². The molecule has 152 valence electrons. The Morgan fingerprint density at radius 3 is 2.33 bits per heavy atom. The molecule has 2 amide bonds. The van der Waals surface area contributed by atoms with E-state index in [9.17, 15) is 19.7 Å². The SMILES string of the molecule is C[C@@H](NC(=O)c1ccccc1NC(=O)c1ccc(Cl)c([N+](=O)[O-])c1)c1ccccc1. The van der Waals surface area contributed by atoms with Gasteiger partial charge in [-0.1, -0.05) is 54.1 Å². The molecule has 0 saturated carbocycles. The Hall–Kier alpha value is -3.71. The molecule has 0 unspecified atom stereocenters. The van der Waals surface area contributed by atoms with E-state index in [0.29, 0.717) is 0 Å². The van der Waals surface area contributed by atoms with E-state index in [1.807, 2.05) is 37.3 Å². The summed E-state index contributed by atoms with van der Waals surface area (Å²) in [5.74, 6) is -0.949. The zero-order valence-electron chi connectivity index (χ0n) is 16.0. The number of hydrogen-bond acceptors (Lipinski definition) is 4. The number of para-hydroxylation sites is 1. The molecule has 0 aliphatic rings. The molecule has 30 heavy (non-hydrogen) atoms. The van der Waals surface area contributed by atoms with E-state index < -0.39 is 10.8 Å². The third-order valence-electron chi connectivity index (χ3n) is 4.47. The summed E-state index contributed by atoms with van der Waals surface area (Å²) >= 11 is 5.80. The molecule has 3 rings (SSSR count). The van der Waals surface area contributed by atoms with Crippen LogP contribution in [0, 0.1) is 10.1 Å². The fraction of sp³-hybridized carbons (Fsp3) is 0.0909. The van der Waals surface area contributed by atoms with Crippen molar-refractivity contribution in [3.05, 3.63) is 105 Å². The van der Waals surface area contributed by atoms with Gasteiger partial charge in [-0.05, 0) is 36.8 Å². The number of hydrogen-bond donors (Lipinski definition) is 2. The highest BCUT2D eigenvalue weighted by Crippen LogP contribution is 2.26. The number of nitro benzene ring substituents is 1. The van der Waals surface area contributed by atoms with E-state index in [-0.39, 0.29) is 39.5 Å². The minimum absolute atomic E-state index is 0.0546. The van der Waals surface area contributed by atoms with Crippen molar-refractivity contribution < 1.29 is 14.5 Å². The number of nitro groups is 1. The quantitative estimate of drug-likeness (QED) is 0.430. The number of nitrogens with zero attached hydrogens (tertiary/aromatic N) is 1. The second-order valence-corrected chi connectivity index (χ2v) is 6.94. The van der Waals surface area contributed by atoms with Gasteiger partial charge in [0.2, 0.25) is 0 Å². The van der Waals surface area contributed by atoms with Crippen molar-refractivity contribution in [3.8, 4) is 0 Å². The number of carbonyl (C=O) groups excluding carboxylic acids is 2. The monoisotopic (exact) mass is 423 g/mol. The van der Waals surface area contributed by atoms with Crippen LogP contribution < -0.4 is 10.6 Å². The van der Waals surface area contributed by atoms with Crippen LogP contribution in [0.2, 0.25) is 5.02 Å². The predicted octanol–water partition coefficient (Wildman–Crippen LogP) is 4.99. The number of amides is 2. The van der Waals surface area contributed by atoms with E-state index in [0.717, 1.165) is 11.6 Å². The molecule has 7 nitrogen and oxygen atoms in total. The van der Waals surface area contributed by atoms with Crippen LogP contribution in [0.5, 0.6) is 0 Å². The first-order valence-electron chi connectivity index (χ1n) is 9.07. The number of anilines is 1. The van der Waals surface area contributed by atoms with Crippen LogP contribution in [0.4, 0.5) is 11.4 Å². The molecule has 0 bridgehead atoms. The average molecular weight is 424 g/mol. The van der Waals surface area contributed by atoms with Crippen LogP contribution in [-0.4, -0.2) is 16.7 Å². The van der Waals surface area contributed by atoms with Gasteiger partial charge in [0.05, 0.1) is 22.2 Å². The summed E-state index contributed by atoms with van der Waals surface area (Å²) in [6, 6.07) is 19.6. The fourth-order valence-electron chi connectivity index (χ4n) is 2.88. The average Bonchev–Trinajstić information content (AvgIpc) is 2.74. The maximum absolute atomic E-state index is 12.8. The minimum atomic E-state index is -0.661. The number of benzene rings is 3. The Kier molecular flexibility index (Phi) is 6.44. The first kappa shape index (κ1) is 21.0. The predicted molar refractivity (Wildman–Crippen MR) is 115 cm³/mol. The molecule has 8 heteroatoms. The maximum Gasteiger partial charge on any atom is 0.288 e. The number of nitrogens with one attached hydrogen (secondary N) is 2. The van der Waals surface area contributed by atoms with Gasteiger partial charge in [-0.3, -0.25) is 19.7 Å². The van der Waals surface area contributed by atoms with Gasteiger partial charge >= 0.3 is 0 Å². The van der Waals surface area contributed by atoms with Crippen molar-refractivity contribution in [3.63, 3.8) is 0 Å². The van der Waals surface area contributed by atoms with Crippen LogP contribution in [-0.2, 0) is 0 Å². The van der Waals surface area contributed by atoms with Gasteiger partial charge in [-0.25, -0.2) is 0 Å². The lowest BCUT2D eigenvalue weighted by atomic mass is 10.1. The summed E-state index contributed by atoms with van der Waals surface area (Å²) in [7, 11) is 0. The highest BCUT2D eigenvalue weighted by Gasteiger charge is 2.19. The van der Waals surface area contributed by atoms with Crippen LogP contribution in [0.25, 0.3) is 0 Å². The fourth-order valence-corrected chi connectivity index (χ4v) is 3.06. The molecule has 0 aliphatic heterocycles. The van der Waals surface area contributed by atoms with Crippen molar-refractivity contribution in [2.24, 2.45) is 0 Å². The summed E-state index contributed by atoms with van der Waals surface area (Å²) in [5, 5.41) is 16.5. The molecule has 0 spiro atoms. The number of carbonyl (C=O) groups is 2. The second-order valence-electron chi connectivity index (χ2n) is 6.53. The van der Waals surface area contributed by atoms with Crippen LogP contribution in [0.15, 0.2) is 72.8 Å². The van der Waals surface area contributed by atoms with Crippen molar-refractivity contribution in [2.45, 2.75) is 13.0 Å². The number of rotatable bonds is 6. The maximum atomic E-state index is 12.8. The molecule has 0 aliphatic carbocycles. The first-order chi connectivity index (χ1) is 14.4. The Morgan fingerprint density at radius 2 is 1.63 bits per heavy atom. The van der Waals surface area contributed by atoms with Crippen molar-refractivity contribution in [1.29, 1.82) is 0 Å². The largest absolute Gasteiger partial charge is 0.345 e. The van der Waals surface area contributed by atoms with Gasteiger partial charge < -0.3 is 10.6 Å². The van der Waals surface area contributed by atoms with Gasteiger partial charge in [0, 0.05) is 11.6 Å². The molecular weight excluding hydrogens is 406 g/mol. The van der Waals surface area contributed by atoms with E-state index in [1.54, 1.807) is 24.3 Å². The third kappa shape index (κ3) is 4.82. The Bertz CT molecular complexity index is 1100. The molecule has 1 atom stereocenters. The molecule has 0 radical (unpaired) electrons.